The molecule has 0 aliphatic carbocycles. The Kier molecular flexibility index (Phi) is 6.12. The van der Waals surface area contributed by atoms with Gasteiger partial charge in [0.05, 0.1) is 0 Å². The van der Waals surface area contributed by atoms with E-state index in [1.54, 1.807) is 24.3 Å². The lowest BCUT2D eigenvalue weighted by atomic mass is 10.1. The lowest BCUT2D eigenvalue weighted by Gasteiger charge is -2.02. The van der Waals surface area contributed by atoms with Crippen LogP contribution in [0.15, 0.2) is 29.4 Å². The highest BCUT2D eigenvalue weighted by molar-refractivity contribution is 5.67. The van der Waals surface area contributed by atoms with Gasteiger partial charge in [-0.2, -0.15) is 0 Å². The third-order valence-corrected chi connectivity index (χ3v) is 2.45. The Labute approximate surface area is 110 Å². The van der Waals surface area contributed by atoms with Crippen LogP contribution in [-0.4, -0.2) is 17.6 Å². The fourth-order valence-electron chi connectivity index (χ4n) is 1.51. The SMILES string of the molecule is [N-]=[N+]=NCCC=Cc1ccc(CCC(=O)O)c(F)c1. The summed E-state index contributed by atoms with van der Waals surface area (Å²) in [6.07, 6.45) is 4.21. The topological polar surface area (TPSA) is 86.1 Å². The van der Waals surface area contributed by atoms with Crippen LogP contribution in [0.4, 0.5) is 4.39 Å². The molecule has 0 heterocycles. The summed E-state index contributed by atoms with van der Waals surface area (Å²) >= 11 is 0. The zero-order valence-corrected chi connectivity index (χ0v) is 10.3. The number of aryl methyl sites for hydroxylation is 1. The molecule has 19 heavy (non-hydrogen) atoms. The van der Waals surface area contributed by atoms with E-state index in [2.05, 4.69) is 10.0 Å². The number of nitrogens with zero attached hydrogens (tertiary/aromatic N) is 3. The van der Waals surface area contributed by atoms with Crippen molar-refractivity contribution < 1.29 is 14.3 Å². The molecule has 0 fully saturated rings. The van der Waals surface area contributed by atoms with Crippen LogP contribution in [0.1, 0.15) is 24.0 Å². The normalized spacial score (nSPS) is 10.4. The van der Waals surface area contributed by atoms with Crippen molar-refractivity contribution in [2.45, 2.75) is 19.3 Å². The fraction of sp³-hybridized carbons (Fsp3) is 0.308. The zero-order chi connectivity index (χ0) is 14.1. The number of rotatable bonds is 7. The number of benzene rings is 1. The number of carbonyl (C=O) groups is 1. The zero-order valence-electron chi connectivity index (χ0n) is 10.3. The Morgan fingerprint density at radius 1 is 1.53 bits per heavy atom. The summed E-state index contributed by atoms with van der Waals surface area (Å²) in [5.41, 5.74) is 9.17. The molecule has 5 nitrogen and oxygen atoms in total. The fourth-order valence-corrected chi connectivity index (χ4v) is 1.51. The van der Waals surface area contributed by atoms with Crippen molar-refractivity contribution in [3.05, 3.63) is 51.7 Å². The van der Waals surface area contributed by atoms with E-state index in [4.69, 9.17) is 10.6 Å². The Hall–Kier alpha value is -2.33. The molecule has 0 radical (unpaired) electrons. The summed E-state index contributed by atoms with van der Waals surface area (Å²) in [7, 11) is 0. The van der Waals surface area contributed by atoms with Gasteiger partial charge in [0.1, 0.15) is 5.82 Å². The second-order valence-electron chi connectivity index (χ2n) is 3.89. The van der Waals surface area contributed by atoms with Gasteiger partial charge in [0.25, 0.3) is 0 Å². The van der Waals surface area contributed by atoms with Gasteiger partial charge >= 0.3 is 5.97 Å². The van der Waals surface area contributed by atoms with Crippen molar-refractivity contribution in [1.82, 2.24) is 0 Å². The molecule has 0 unspecified atom stereocenters. The molecule has 0 aromatic heterocycles. The first-order valence-electron chi connectivity index (χ1n) is 5.81. The summed E-state index contributed by atoms with van der Waals surface area (Å²) in [6, 6.07) is 4.68. The first kappa shape index (κ1) is 14.7. The quantitative estimate of drug-likeness (QED) is 0.353. The predicted octanol–water partition coefficient (Wildman–Crippen LogP) is 3.56. The monoisotopic (exact) mass is 263 g/mol. The van der Waals surface area contributed by atoms with Crippen LogP contribution in [0.25, 0.3) is 16.5 Å². The molecular weight excluding hydrogens is 249 g/mol. The Morgan fingerprint density at radius 2 is 2.32 bits per heavy atom. The largest absolute Gasteiger partial charge is 0.481 e. The molecule has 0 saturated heterocycles. The Balaban J connectivity index is 2.60. The molecule has 0 spiro atoms. The van der Waals surface area contributed by atoms with Crippen LogP contribution in [0.5, 0.6) is 0 Å². The maximum absolute atomic E-state index is 13.6. The van der Waals surface area contributed by atoms with Crippen molar-refractivity contribution in [3.8, 4) is 0 Å². The minimum absolute atomic E-state index is 0.0850. The molecule has 0 atom stereocenters. The van der Waals surface area contributed by atoms with Crippen LogP contribution in [0.3, 0.4) is 0 Å². The van der Waals surface area contributed by atoms with Crippen LogP contribution >= 0.6 is 0 Å². The summed E-state index contributed by atoms with van der Waals surface area (Å²) in [4.78, 5) is 13.0. The molecule has 0 saturated carbocycles. The first-order chi connectivity index (χ1) is 9.13. The number of carboxylic acids is 1. The highest BCUT2D eigenvalue weighted by Gasteiger charge is 2.05. The van der Waals surface area contributed by atoms with Gasteiger partial charge in [-0.25, -0.2) is 4.39 Å². The van der Waals surface area contributed by atoms with Crippen molar-refractivity contribution in [2.75, 3.05) is 6.54 Å². The highest BCUT2D eigenvalue weighted by atomic mass is 19.1. The van der Waals surface area contributed by atoms with Gasteiger partial charge in [0, 0.05) is 17.9 Å². The minimum atomic E-state index is -0.943. The summed E-state index contributed by atoms with van der Waals surface area (Å²) < 4.78 is 13.6. The molecule has 1 N–H and O–H groups in total. The molecule has 100 valence electrons. The first-order valence-corrected chi connectivity index (χ1v) is 5.81. The van der Waals surface area contributed by atoms with Gasteiger partial charge in [-0.3, -0.25) is 4.79 Å². The summed E-state index contributed by atoms with van der Waals surface area (Å²) in [5.74, 6) is -1.35. The van der Waals surface area contributed by atoms with Gasteiger partial charge in [-0.05, 0) is 35.6 Å². The van der Waals surface area contributed by atoms with E-state index in [1.165, 1.54) is 6.07 Å². The van der Waals surface area contributed by atoms with E-state index in [-0.39, 0.29) is 12.8 Å². The third kappa shape index (κ3) is 5.70. The van der Waals surface area contributed by atoms with Gasteiger partial charge in [0.15, 0.2) is 0 Å². The van der Waals surface area contributed by atoms with Crippen molar-refractivity contribution in [2.24, 2.45) is 5.11 Å². The molecule has 1 aromatic rings. The van der Waals surface area contributed by atoms with Gasteiger partial charge in [0.2, 0.25) is 0 Å². The van der Waals surface area contributed by atoms with Crippen LogP contribution in [0.2, 0.25) is 0 Å². The van der Waals surface area contributed by atoms with Gasteiger partial charge < -0.3 is 5.11 Å². The Morgan fingerprint density at radius 3 is 2.95 bits per heavy atom. The number of aliphatic carboxylic acids is 1. The summed E-state index contributed by atoms with van der Waals surface area (Å²) in [6.45, 7) is 0.367. The minimum Gasteiger partial charge on any atom is -0.481 e. The highest BCUT2D eigenvalue weighted by Crippen LogP contribution is 2.14. The lowest BCUT2D eigenvalue weighted by molar-refractivity contribution is -0.136. The molecule has 0 aliphatic rings. The van der Waals surface area contributed by atoms with E-state index in [0.29, 0.717) is 24.1 Å². The lowest BCUT2D eigenvalue weighted by Crippen LogP contribution is -1.99. The standard InChI is InChI=1S/C13H14FN3O2/c14-12-9-10(3-1-2-8-16-17-15)4-5-11(12)6-7-13(18)19/h1,3-5,9H,2,6-8H2,(H,18,19). The van der Waals surface area contributed by atoms with Crippen LogP contribution in [0, 0.1) is 5.82 Å². The van der Waals surface area contributed by atoms with Crippen molar-refractivity contribution >= 4 is 12.0 Å². The molecule has 0 aliphatic heterocycles. The smallest absolute Gasteiger partial charge is 0.303 e. The molecule has 6 heteroatoms. The number of hydrogen-bond acceptors (Lipinski definition) is 2. The van der Waals surface area contributed by atoms with Gasteiger partial charge in [-0.1, -0.05) is 29.4 Å². The maximum Gasteiger partial charge on any atom is 0.303 e. The molecule has 0 amide bonds. The van der Waals surface area contributed by atoms with Crippen molar-refractivity contribution in [3.63, 3.8) is 0 Å². The van der Waals surface area contributed by atoms with E-state index in [9.17, 15) is 9.18 Å². The summed E-state index contributed by atoms with van der Waals surface area (Å²) in [5, 5.41) is 11.9. The van der Waals surface area contributed by atoms with Crippen LogP contribution in [-0.2, 0) is 11.2 Å². The van der Waals surface area contributed by atoms with Crippen molar-refractivity contribution in [1.29, 1.82) is 0 Å². The molecular formula is C13H14FN3O2. The average molecular weight is 263 g/mol. The van der Waals surface area contributed by atoms with E-state index >= 15 is 0 Å². The third-order valence-electron chi connectivity index (χ3n) is 2.45. The van der Waals surface area contributed by atoms with Crippen LogP contribution < -0.4 is 0 Å². The predicted molar refractivity (Wildman–Crippen MR) is 70.0 cm³/mol. The Bertz CT molecular complexity index is 523. The molecule has 1 aromatic carbocycles. The van der Waals surface area contributed by atoms with Gasteiger partial charge in [-0.15, -0.1) is 0 Å². The van der Waals surface area contributed by atoms with E-state index in [1.807, 2.05) is 0 Å². The van der Waals surface area contributed by atoms with E-state index < -0.39 is 11.8 Å². The second kappa shape index (κ2) is 7.89. The molecule has 0 bridgehead atoms. The number of hydrogen-bond donors (Lipinski definition) is 1. The number of azide groups is 1. The molecule has 1 rings (SSSR count). The second-order valence-corrected chi connectivity index (χ2v) is 3.89. The maximum atomic E-state index is 13.6. The van der Waals surface area contributed by atoms with E-state index in [0.717, 1.165) is 0 Å². The number of halogens is 1. The number of carboxylic acid groups (broad SMARTS) is 1. The average Bonchev–Trinajstić information content (AvgIpc) is 2.37.